The molecule has 5 rings (SSSR count). The molecule has 0 fully saturated rings. The number of carbonyl (C=O) groups is 1. The molecule has 31 heavy (non-hydrogen) atoms. The van der Waals surface area contributed by atoms with Crippen LogP contribution in [0.2, 0.25) is 0 Å². The number of nitrogens with zero attached hydrogens (tertiary/aromatic N) is 4. The molecule has 0 atom stereocenters. The third-order valence-electron chi connectivity index (χ3n) is 5.12. The largest absolute Gasteiger partial charge is 0.465 e. The van der Waals surface area contributed by atoms with Crippen LogP contribution in [0.4, 0.5) is 0 Å². The highest BCUT2D eigenvalue weighted by atomic mass is 16.5. The summed E-state index contributed by atoms with van der Waals surface area (Å²) in [5, 5.41) is 5.89. The minimum absolute atomic E-state index is 0.201. The number of aryl methyl sites for hydroxylation is 1. The molecule has 3 aromatic heterocycles. The Kier molecular flexibility index (Phi) is 4.32. The van der Waals surface area contributed by atoms with Crippen molar-refractivity contribution in [1.82, 2.24) is 24.6 Å². The minimum Gasteiger partial charge on any atom is -0.465 e. The van der Waals surface area contributed by atoms with E-state index in [4.69, 9.17) is 4.74 Å². The molecule has 0 amide bonds. The Morgan fingerprint density at radius 1 is 1.03 bits per heavy atom. The van der Waals surface area contributed by atoms with E-state index in [-0.39, 0.29) is 5.56 Å². The van der Waals surface area contributed by atoms with Gasteiger partial charge in [0.1, 0.15) is 5.52 Å². The maximum absolute atomic E-state index is 12.5. The van der Waals surface area contributed by atoms with Crippen molar-refractivity contribution in [1.29, 1.82) is 0 Å². The Hall–Kier alpha value is -4.33. The fourth-order valence-electron chi connectivity index (χ4n) is 3.58. The molecule has 0 radical (unpaired) electrons. The van der Waals surface area contributed by atoms with Crippen LogP contribution in [0.5, 0.6) is 0 Å². The number of hydrogen-bond acceptors (Lipinski definition) is 6. The zero-order valence-corrected chi connectivity index (χ0v) is 16.8. The van der Waals surface area contributed by atoms with Gasteiger partial charge in [0.25, 0.3) is 11.3 Å². The molecular formula is C23H17N5O3. The van der Waals surface area contributed by atoms with Gasteiger partial charge >= 0.3 is 5.97 Å². The van der Waals surface area contributed by atoms with Crippen molar-refractivity contribution < 1.29 is 9.53 Å². The molecule has 5 aromatic rings. The second-order valence-corrected chi connectivity index (χ2v) is 7.02. The number of benzene rings is 2. The molecule has 0 aliphatic heterocycles. The summed E-state index contributed by atoms with van der Waals surface area (Å²) in [4.78, 5) is 36.6. The summed E-state index contributed by atoms with van der Waals surface area (Å²) >= 11 is 0. The van der Waals surface area contributed by atoms with E-state index >= 15 is 0 Å². The lowest BCUT2D eigenvalue weighted by atomic mass is 10.1. The van der Waals surface area contributed by atoms with Crippen LogP contribution >= 0.6 is 0 Å². The van der Waals surface area contributed by atoms with Crippen LogP contribution in [-0.4, -0.2) is 37.6 Å². The van der Waals surface area contributed by atoms with Gasteiger partial charge in [-0.15, -0.1) is 0 Å². The highest BCUT2D eigenvalue weighted by Gasteiger charge is 2.15. The van der Waals surface area contributed by atoms with Gasteiger partial charge in [0, 0.05) is 10.8 Å². The number of rotatable bonds is 3. The molecule has 1 N–H and O–H groups in total. The van der Waals surface area contributed by atoms with Crippen LogP contribution in [0, 0.1) is 6.92 Å². The summed E-state index contributed by atoms with van der Waals surface area (Å²) in [6.07, 6.45) is 3.57. The van der Waals surface area contributed by atoms with E-state index in [1.165, 1.54) is 11.6 Å². The Labute approximate surface area is 175 Å². The van der Waals surface area contributed by atoms with Crippen LogP contribution in [0.3, 0.4) is 0 Å². The van der Waals surface area contributed by atoms with E-state index in [2.05, 4.69) is 20.1 Å². The van der Waals surface area contributed by atoms with E-state index in [0.717, 1.165) is 5.39 Å². The van der Waals surface area contributed by atoms with E-state index in [1.807, 2.05) is 37.3 Å². The van der Waals surface area contributed by atoms with Gasteiger partial charge in [-0.1, -0.05) is 42.5 Å². The topological polar surface area (TPSA) is 102 Å². The zero-order chi connectivity index (χ0) is 21.5. The van der Waals surface area contributed by atoms with Crippen molar-refractivity contribution in [3.63, 3.8) is 0 Å². The molecule has 0 bridgehead atoms. The quantitative estimate of drug-likeness (QED) is 0.457. The van der Waals surface area contributed by atoms with Gasteiger partial charge in [0.15, 0.2) is 5.65 Å². The Morgan fingerprint density at radius 2 is 1.77 bits per heavy atom. The van der Waals surface area contributed by atoms with Gasteiger partial charge in [0.2, 0.25) is 0 Å². The maximum atomic E-state index is 12.5. The minimum atomic E-state index is -0.408. The predicted molar refractivity (Wildman–Crippen MR) is 118 cm³/mol. The van der Waals surface area contributed by atoms with E-state index in [1.54, 1.807) is 30.4 Å². The van der Waals surface area contributed by atoms with Gasteiger partial charge in [-0.3, -0.25) is 4.79 Å². The number of aromatic nitrogens is 5. The summed E-state index contributed by atoms with van der Waals surface area (Å²) in [6, 6.07) is 14.5. The summed E-state index contributed by atoms with van der Waals surface area (Å²) in [5.74, 6) is -0.0395. The van der Waals surface area contributed by atoms with Crippen molar-refractivity contribution in [3.05, 3.63) is 81.4 Å². The number of esters is 1. The van der Waals surface area contributed by atoms with E-state index < -0.39 is 5.97 Å². The molecule has 0 unspecified atom stereocenters. The van der Waals surface area contributed by atoms with Crippen molar-refractivity contribution in [3.8, 4) is 0 Å². The molecule has 2 aromatic carbocycles. The lowest BCUT2D eigenvalue weighted by Gasteiger charge is -2.04. The second-order valence-electron chi connectivity index (χ2n) is 7.02. The number of ether oxygens (including phenoxy) is 1. The standard InChI is InChI=1S/C23H17N5O3/c1-13-18(12-11-14-7-3-4-8-15(14)22(30)31-2)24-23-25-19-16-9-5-6-10-17(16)21(29)26-20(19)28(23)27-13/h3-12H,1-2H3,(H,26,29)/b12-11+. The van der Waals surface area contributed by atoms with Gasteiger partial charge in [-0.2, -0.15) is 9.61 Å². The number of methoxy groups -OCH3 is 1. The number of nitrogens with one attached hydrogen (secondary N) is 1. The van der Waals surface area contributed by atoms with Crippen LogP contribution in [0.25, 0.3) is 39.9 Å². The first kappa shape index (κ1) is 18.7. The number of pyridine rings is 1. The normalized spacial score (nSPS) is 11.7. The lowest BCUT2D eigenvalue weighted by molar-refractivity contribution is 0.0600. The fourth-order valence-corrected chi connectivity index (χ4v) is 3.58. The van der Waals surface area contributed by atoms with Crippen molar-refractivity contribution in [2.45, 2.75) is 6.92 Å². The summed E-state index contributed by atoms with van der Waals surface area (Å²) in [7, 11) is 1.35. The molecule has 8 heteroatoms. The average Bonchev–Trinajstić information content (AvgIpc) is 3.14. The molecule has 0 spiro atoms. The second kappa shape index (κ2) is 7.17. The monoisotopic (exact) mass is 411 g/mol. The number of aromatic amines is 1. The molecule has 8 nitrogen and oxygen atoms in total. The van der Waals surface area contributed by atoms with Crippen LogP contribution < -0.4 is 5.56 Å². The molecule has 152 valence electrons. The average molecular weight is 411 g/mol. The number of imidazole rings is 1. The summed E-state index contributed by atoms with van der Waals surface area (Å²) in [6.45, 7) is 1.82. The van der Waals surface area contributed by atoms with Gasteiger partial charge in [0.05, 0.1) is 24.1 Å². The van der Waals surface area contributed by atoms with E-state index in [9.17, 15) is 9.59 Å². The van der Waals surface area contributed by atoms with Crippen molar-refractivity contribution >= 4 is 45.8 Å². The van der Waals surface area contributed by atoms with Gasteiger partial charge in [-0.25, -0.2) is 14.8 Å². The maximum Gasteiger partial charge on any atom is 0.338 e. The third-order valence-corrected chi connectivity index (χ3v) is 5.12. The molecule has 0 saturated heterocycles. The predicted octanol–water partition coefficient (Wildman–Crippen LogP) is 3.38. The number of fused-ring (bicyclic) bond motifs is 5. The molecule has 0 aliphatic rings. The molecule has 3 heterocycles. The molecular weight excluding hydrogens is 394 g/mol. The van der Waals surface area contributed by atoms with Crippen LogP contribution in [-0.2, 0) is 4.74 Å². The van der Waals surface area contributed by atoms with Gasteiger partial charge in [-0.05, 0) is 30.7 Å². The summed E-state index contributed by atoms with van der Waals surface area (Å²) < 4.78 is 6.39. The van der Waals surface area contributed by atoms with Crippen molar-refractivity contribution in [2.24, 2.45) is 0 Å². The fraction of sp³-hybridized carbons (Fsp3) is 0.0870. The first-order chi connectivity index (χ1) is 15.1. The zero-order valence-electron chi connectivity index (χ0n) is 16.8. The Morgan fingerprint density at radius 3 is 2.58 bits per heavy atom. The first-order valence-corrected chi connectivity index (χ1v) is 9.60. The highest BCUT2D eigenvalue weighted by molar-refractivity contribution is 6.03. The highest BCUT2D eigenvalue weighted by Crippen LogP contribution is 2.22. The van der Waals surface area contributed by atoms with Gasteiger partial charge < -0.3 is 9.72 Å². The summed E-state index contributed by atoms with van der Waals surface area (Å²) in [5.41, 5.74) is 3.35. The smallest absolute Gasteiger partial charge is 0.338 e. The number of H-pyrrole nitrogens is 1. The van der Waals surface area contributed by atoms with Crippen LogP contribution in [0.1, 0.15) is 27.3 Å². The van der Waals surface area contributed by atoms with Crippen molar-refractivity contribution in [2.75, 3.05) is 7.11 Å². The Balaban J connectivity index is 1.67. The molecule has 0 aliphatic carbocycles. The number of hydrogen-bond donors (Lipinski definition) is 1. The lowest BCUT2D eigenvalue weighted by Crippen LogP contribution is -2.08. The Bertz CT molecular complexity index is 1580. The first-order valence-electron chi connectivity index (χ1n) is 9.60. The molecule has 0 saturated carbocycles. The van der Waals surface area contributed by atoms with Crippen LogP contribution in [0.15, 0.2) is 53.3 Å². The SMILES string of the molecule is COC(=O)c1ccccc1/C=C/c1nc2nc3c4ccccc4c(=O)[nH]c3n2nc1C. The van der Waals surface area contributed by atoms with E-state index in [0.29, 0.717) is 44.8 Å². The number of carbonyl (C=O) groups excluding carboxylic acids is 1. The third kappa shape index (κ3) is 3.05.